The van der Waals surface area contributed by atoms with E-state index in [9.17, 15) is 5.11 Å². The van der Waals surface area contributed by atoms with Crippen molar-refractivity contribution in [1.82, 2.24) is 0 Å². The maximum Gasteiger partial charge on any atom is 0.0577 e. The van der Waals surface area contributed by atoms with Gasteiger partial charge in [-0.2, -0.15) is 0 Å². The highest BCUT2D eigenvalue weighted by molar-refractivity contribution is 5.25. The molecule has 4 aliphatic carbocycles. The van der Waals surface area contributed by atoms with E-state index >= 15 is 0 Å². The van der Waals surface area contributed by atoms with E-state index in [1.54, 1.807) is 5.57 Å². The number of rotatable bonds is 3. The van der Waals surface area contributed by atoms with Crippen LogP contribution in [0.2, 0.25) is 0 Å². The molecule has 0 aromatic heterocycles. The number of aliphatic hydroxyl groups excluding tert-OH is 1. The minimum absolute atomic E-state index is 0.0817. The molecule has 0 spiro atoms. The number of hydrogen-bond donors (Lipinski definition) is 1. The van der Waals surface area contributed by atoms with Crippen molar-refractivity contribution in [1.29, 1.82) is 0 Å². The van der Waals surface area contributed by atoms with Crippen LogP contribution in [0, 0.1) is 40.4 Å². The average molecular weight is 357 g/mol. The SMILES string of the molecule is CC/C=C/[C@@H](C)[C@H]1CC[C@H]2[C@@H]3CC=C4C[C@@H](O)CC[C@]4(C)[C@H]3CC[C@]12C. The van der Waals surface area contributed by atoms with E-state index < -0.39 is 0 Å². The van der Waals surface area contributed by atoms with Crippen molar-refractivity contribution in [3.05, 3.63) is 23.8 Å². The molecule has 26 heavy (non-hydrogen) atoms. The van der Waals surface area contributed by atoms with Crippen molar-refractivity contribution in [2.75, 3.05) is 0 Å². The monoisotopic (exact) mass is 356 g/mol. The lowest BCUT2D eigenvalue weighted by Crippen LogP contribution is -2.50. The van der Waals surface area contributed by atoms with Gasteiger partial charge in [-0.05, 0) is 98.2 Å². The van der Waals surface area contributed by atoms with Gasteiger partial charge in [0.1, 0.15) is 0 Å². The Hall–Kier alpha value is -0.560. The Kier molecular flexibility index (Phi) is 4.91. The summed E-state index contributed by atoms with van der Waals surface area (Å²) in [7, 11) is 0. The van der Waals surface area contributed by atoms with Gasteiger partial charge in [0, 0.05) is 0 Å². The standard InChI is InChI=1S/C25H40O/c1-5-6-7-17(2)21-10-11-22-20-9-8-18-16-19(26)12-14-24(18,3)23(20)13-15-25(21,22)4/h6-8,17,19-23,26H,5,9-16H2,1-4H3/b7-6+/t17-,19+,20+,21-,22+,23+,24+,25-/m1/s1. The molecule has 0 bridgehead atoms. The molecule has 4 rings (SSSR count). The molecule has 0 aromatic rings. The molecule has 0 radical (unpaired) electrons. The van der Waals surface area contributed by atoms with Gasteiger partial charge < -0.3 is 5.11 Å². The van der Waals surface area contributed by atoms with Crippen molar-refractivity contribution in [3.8, 4) is 0 Å². The van der Waals surface area contributed by atoms with Crippen LogP contribution in [0.4, 0.5) is 0 Å². The summed E-state index contributed by atoms with van der Waals surface area (Å²) in [6, 6.07) is 0. The lowest BCUT2D eigenvalue weighted by atomic mass is 9.47. The van der Waals surface area contributed by atoms with Gasteiger partial charge >= 0.3 is 0 Å². The Labute approximate surface area is 161 Å². The normalized spacial score (nSPS) is 49.3. The topological polar surface area (TPSA) is 20.2 Å². The van der Waals surface area contributed by atoms with E-state index in [1.165, 1.54) is 44.9 Å². The molecule has 0 amide bonds. The van der Waals surface area contributed by atoms with Gasteiger partial charge in [-0.25, -0.2) is 0 Å². The molecule has 1 N–H and O–H groups in total. The molecule has 0 unspecified atom stereocenters. The molecule has 4 aliphatic rings. The summed E-state index contributed by atoms with van der Waals surface area (Å²) in [6.45, 7) is 9.91. The molecule has 8 atom stereocenters. The summed E-state index contributed by atoms with van der Waals surface area (Å²) in [6.07, 6.45) is 18.7. The summed E-state index contributed by atoms with van der Waals surface area (Å²) in [5, 5.41) is 10.2. The third-order valence-corrected chi connectivity index (χ3v) is 9.46. The first-order valence-corrected chi connectivity index (χ1v) is 11.4. The number of aliphatic hydroxyl groups is 1. The maximum atomic E-state index is 10.2. The predicted octanol–water partition coefficient (Wildman–Crippen LogP) is 6.53. The van der Waals surface area contributed by atoms with E-state index in [-0.39, 0.29) is 6.10 Å². The Morgan fingerprint density at radius 2 is 1.96 bits per heavy atom. The lowest BCUT2D eigenvalue weighted by Gasteiger charge is -2.58. The van der Waals surface area contributed by atoms with E-state index in [1.807, 2.05) is 0 Å². The molecule has 3 fully saturated rings. The fourth-order valence-electron chi connectivity index (χ4n) is 8.03. The first kappa shape index (κ1) is 18.8. The zero-order valence-corrected chi connectivity index (χ0v) is 17.5. The summed E-state index contributed by atoms with van der Waals surface area (Å²) in [5.41, 5.74) is 2.54. The van der Waals surface area contributed by atoms with E-state index in [0.29, 0.717) is 10.8 Å². The van der Waals surface area contributed by atoms with Crippen LogP contribution >= 0.6 is 0 Å². The second-order valence-corrected chi connectivity index (χ2v) is 10.6. The highest BCUT2D eigenvalue weighted by Crippen LogP contribution is 2.67. The summed E-state index contributed by atoms with van der Waals surface area (Å²) in [5.74, 6) is 4.29. The van der Waals surface area contributed by atoms with Crippen LogP contribution in [0.5, 0.6) is 0 Å². The number of hydrogen-bond acceptors (Lipinski definition) is 1. The van der Waals surface area contributed by atoms with Crippen LogP contribution in [0.3, 0.4) is 0 Å². The maximum absolute atomic E-state index is 10.2. The first-order chi connectivity index (χ1) is 12.4. The molecule has 1 nitrogen and oxygen atoms in total. The van der Waals surface area contributed by atoms with Crippen LogP contribution in [0.1, 0.15) is 85.5 Å². The molecule has 0 aliphatic heterocycles. The largest absolute Gasteiger partial charge is 0.393 e. The average Bonchev–Trinajstić information content (AvgIpc) is 2.97. The van der Waals surface area contributed by atoms with Gasteiger partial charge in [0.2, 0.25) is 0 Å². The minimum atomic E-state index is -0.0817. The van der Waals surface area contributed by atoms with Crippen LogP contribution in [-0.4, -0.2) is 11.2 Å². The number of fused-ring (bicyclic) bond motifs is 5. The van der Waals surface area contributed by atoms with Gasteiger partial charge in [-0.15, -0.1) is 0 Å². The van der Waals surface area contributed by atoms with E-state index in [2.05, 4.69) is 45.9 Å². The van der Waals surface area contributed by atoms with Gasteiger partial charge in [0.25, 0.3) is 0 Å². The van der Waals surface area contributed by atoms with Crippen LogP contribution in [-0.2, 0) is 0 Å². The quantitative estimate of drug-likeness (QED) is 0.570. The molecular weight excluding hydrogens is 316 g/mol. The van der Waals surface area contributed by atoms with Crippen molar-refractivity contribution < 1.29 is 5.11 Å². The predicted molar refractivity (Wildman–Crippen MR) is 110 cm³/mol. The van der Waals surface area contributed by atoms with Crippen LogP contribution in [0.15, 0.2) is 23.8 Å². The molecule has 1 heteroatoms. The van der Waals surface area contributed by atoms with Gasteiger partial charge in [-0.3, -0.25) is 0 Å². The Bertz CT molecular complexity index is 589. The molecule has 0 aromatic carbocycles. The van der Waals surface area contributed by atoms with Crippen molar-refractivity contribution in [2.24, 2.45) is 40.4 Å². The van der Waals surface area contributed by atoms with E-state index in [4.69, 9.17) is 0 Å². The number of allylic oxidation sites excluding steroid dienone is 3. The molecular formula is C25H40O. The lowest BCUT2D eigenvalue weighted by molar-refractivity contribution is -0.0540. The fraction of sp³-hybridized carbons (Fsp3) is 0.840. The smallest absolute Gasteiger partial charge is 0.0577 e. The third-order valence-electron chi connectivity index (χ3n) is 9.46. The summed E-state index contributed by atoms with van der Waals surface area (Å²) in [4.78, 5) is 0. The second-order valence-electron chi connectivity index (χ2n) is 10.6. The van der Waals surface area contributed by atoms with Crippen molar-refractivity contribution >= 4 is 0 Å². The summed E-state index contributed by atoms with van der Waals surface area (Å²) < 4.78 is 0. The molecule has 146 valence electrons. The van der Waals surface area contributed by atoms with Gasteiger partial charge in [0.05, 0.1) is 6.10 Å². The van der Waals surface area contributed by atoms with Crippen molar-refractivity contribution in [3.63, 3.8) is 0 Å². The molecule has 3 saturated carbocycles. The Balaban J connectivity index is 1.59. The highest BCUT2D eigenvalue weighted by Gasteiger charge is 2.58. The second kappa shape index (κ2) is 6.80. The zero-order chi connectivity index (χ0) is 18.5. The molecule has 0 saturated heterocycles. The molecule has 0 heterocycles. The minimum Gasteiger partial charge on any atom is -0.393 e. The summed E-state index contributed by atoms with van der Waals surface area (Å²) >= 11 is 0. The van der Waals surface area contributed by atoms with E-state index in [0.717, 1.165) is 42.4 Å². The first-order valence-electron chi connectivity index (χ1n) is 11.4. The van der Waals surface area contributed by atoms with Gasteiger partial charge in [0.15, 0.2) is 0 Å². The van der Waals surface area contributed by atoms with Crippen LogP contribution < -0.4 is 0 Å². The van der Waals surface area contributed by atoms with Crippen LogP contribution in [0.25, 0.3) is 0 Å². The highest BCUT2D eigenvalue weighted by atomic mass is 16.3. The fourth-order valence-corrected chi connectivity index (χ4v) is 8.03. The Morgan fingerprint density at radius 1 is 1.15 bits per heavy atom. The van der Waals surface area contributed by atoms with Gasteiger partial charge in [-0.1, -0.05) is 51.5 Å². The zero-order valence-electron chi connectivity index (χ0n) is 17.5. The third kappa shape index (κ3) is 2.76. The van der Waals surface area contributed by atoms with Crippen molar-refractivity contribution in [2.45, 2.75) is 91.6 Å². The Morgan fingerprint density at radius 3 is 2.73 bits per heavy atom.